The Morgan fingerprint density at radius 3 is 1.92 bits per heavy atom. The van der Waals surface area contributed by atoms with E-state index in [4.69, 9.17) is 38.3 Å². The lowest BCUT2D eigenvalue weighted by molar-refractivity contribution is -0.186. The standard InChI is InChI=1S/3C10H10O5.C5H4O3.C5H6O2/c11-7-4-9(8(12)13)3-6-1-2-10(9,15-6)5-14-7;11-7(12)4-9-3-6-1-2-10(9,15-6)5-14-8(9)13;11-5-10-2-1-6(15-10)3-9(10)4-7(12)14-8(9)13;1-3-2-4(6)8-5(3)7;6-4-5-2-1-3-7-5/h1-2,6H,3-5H2,(H,12,13);1-2,6H,3-5H2,(H,11,12);1-2,6,11H,3-5H2;1-2H2;1-3,6H,4H2. The van der Waals surface area contributed by atoms with E-state index in [9.17, 15) is 48.6 Å². The summed E-state index contributed by atoms with van der Waals surface area (Å²) in [6, 6.07) is 3.46. The zero-order valence-corrected chi connectivity index (χ0v) is 31.7. The first-order valence-corrected chi connectivity index (χ1v) is 18.7. The molecule has 7 saturated heterocycles. The van der Waals surface area contributed by atoms with Gasteiger partial charge in [-0.15, -0.1) is 0 Å². The minimum atomic E-state index is -1.11. The van der Waals surface area contributed by atoms with Crippen LogP contribution >= 0.6 is 0 Å². The van der Waals surface area contributed by atoms with Gasteiger partial charge in [0.05, 0.1) is 56.9 Å². The number of furan rings is 1. The molecule has 10 aliphatic heterocycles. The van der Waals surface area contributed by atoms with Crippen LogP contribution in [0.2, 0.25) is 0 Å². The largest absolute Gasteiger partial charge is 0.481 e. The molecular formula is C40H40O20. The van der Waals surface area contributed by atoms with Gasteiger partial charge in [-0.3, -0.25) is 33.6 Å². The summed E-state index contributed by atoms with van der Waals surface area (Å²) in [4.78, 5) is 88.4. The van der Waals surface area contributed by atoms with Crippen molar-refractivity contribution >= 4 is 47.8 Å². The number of hydrogen-bond donors (Lipinski definition) is 4. The number of esters is 6. The van der Waals surface area contributed by atoms with Crippen LogP contribution in [0.5, 0.6) is 0 Å². The van der Waals surface area contributed by atoms with Gasteiger partial charge in [0.1, 0.15) is 58.6 Å². The molecule has 320 valence electrons. The highest BCUT2D eigenvalue weighted by Crippen LogP contribution is 2.59. The third kappa shape index (κ3) is 6.77. The van der Waals surface area contributed by atoms with Crippen LogP contribution in [0.15, 0.2) is 71.4 Å². The second-order valence-electron chi connectivity index (χ2n) is 15.7. The van der Waals surface area contributed by atoms with Gasteiger partial charge < -0.3 is 58.0 Å². The van der Waals surface area contributed by atoms with Crippen LogP contribution in [0.4, 0.5) is 0 Å². The Kier molecular flexibility index (Phi) is 10.8. The molecule has 9 atom stereocenters. The van der Waals surface area contributed by atoms with Crippen LogP contribution in [0.3, 0.4) is 0 Å². The molecule has 0 aromatic carbocycles. The van der Waals surface area contributed by atoms with Crippen molar-refractivity contribution in [2.75, 3.05) is 19.8 Å². The number of aliphatic hydroxyl groups excluding tert-OH is 2. The summed E-state index contributed by atoms with van der Waals surface area (Å²) in [7, 11) is 0. The fraction of sp³-hybridized carbons (Fsp3) is 0.500. The third-order valence-corrected chi connectivity index (χ3v) is 12.3. The highest BCUT2D eigenvalue weighted by molar-refractivity contribution is 6.05. The zero-order chi connectivity index (χ0) is 43.3. The first-order valence-electron chi connectivity index (χ1n) is 18.7. The van der Waals surface area contributed by atoms with E-state index >= 15 is 0 Å². The summed E-state index contributed by atoms with van der Waals surface area (Å²) in [6.07, 6.45) is 12.8. The fourth-order valence-corrected chi connectivity index (χ4v) is 9.28. The van der Waals surface area contributed by atoms with Crippen molar-refractivity contribution in [1.82, 2.24) is 0 Å². The molecule has 1 aromatic rings. The predicted molar refractivity (Wildman–Crippen MR) is 190 cm³/mol. The van der Waals surface area contributed by atoms with Crippen LogP contribution < -0.4 is 0 Å². The van der Waals surface area contributed by atoms with Gasteiger partial charge in [0.2, 0.25) is 0 Å². The monoisotopic (exact) mass is 840 g/mol. The molecule has 7 fully saturated rings. The van der Waals surface area contributed by atoms with Gasteiger partial charge in [-0.05, 0) is 43.5 Å². The Morgan fingerprint density at radius 2 is 1.42 bits per heavy atom. The van der Waals surface area contributed by atoms with Crippen molar-refractivity contribution in [3.05, 3.63) is 72.8 Å². The maximum Gasteiger partial charge on any atom is 0.341 e. The summed E-state index contributed by atoms with van der Waals surface area (Å²) < 4.78 is 40.1. The molecule has 0 amide bonds. The van der Waals surface area contributed by atoms with Crippen molar-refractivity contribution in [1.29, 1.82) is 0 Å². The molecular weight excluding hydrogens is 800 g/mol. The number of carboxylic acid groups (broad SMARTS) is 2. The second-order valence-corrected chi connectivity index (χ2v) is 15.7. The van der Waals surface area contributed by atoms with Crippen molar-refractivity contribution in [3.63, 3.8) is 0 Å². The molecule has 20 nitrogen and oxygen atoms in total. The molecule has 1 aromatic heterocycles. The average Bonchev–Trinajstić information content (AvgIpc) is 4.07. The van der Waals surface area contributed by atoms with E-state index in [0.717, 1.165) is 0 Å². The summed E-state index contributed by atoms with van der Waals surface area (Å²) in [5, 5.41) is 35.9. The number of hydrogen-bond acceptors (Lipinski definition) is 18. The van der Waals surface area contributed by atoms with E-state index in [2.05, 4.69) is 16.1 Å². The van der Waals surface area contributed by atoms with Crippen LogP contribution in [0.1, 0.15) is 50.7 Å². The number of fused-ring (bicyclic) bond motifs is 5. The van der Waals surface area contributed by atoms with E-state index in [1.807, 2.05) is 18.2 Å². The summed E-state index contributed by atoms with van der Waals surface area (Å²) in [5.74, 6) is -4.41. The number of cyclic esters (lactones) is 6. The van der Waals surface area contributed by atoms with Gasteiger partial charge in [0.15, 0.2) is 0 Å². The lowest BCUT2D eigenvalue weighted by atomic mass is 9.65. The van der Waals surface area contributed by atoms with Crippen LogP contribution in [-0.2, 0) is 78.1 Å². The SMILES string of the molecule is C=C1CC(=O)OC1=O.O=C(O)CC12CC3C=CC1(COC2=O)O3.O=C1CC2(C(=O)O)CC3C=CC2(CO1)O3.O=C1CC2(CC3C=CC2(CO)O3)C(=O)O1.OCc1ccco1. The molecule has 10 aliphatic rings. The smallest absolute Gasteiger partial charge is 0.341 e. The Hall–Kier alpha value is -5.80. The Morgan fingerprint density at radius 1 is 0.750 bits per heavy atom. The van der Waals surface area contributed by atoms with Gasteiger partial charge in [-0.25, -0.2) is 4.79 Å². The quantitative estimate of drug-likeness (QED) is 0.103. The molecule has 11 heterocycles. The molecule has 11 rings (SSSR count). The van der Waals surface area contributed by atoms with E-state index in [1.54, 1.807) is 30.4 Å². The number of carbonyl (C=O) groups is 8. The van der Waals surface area contributed by atoms with E-state index in [-0.39, 0.29) is 76.0 Å². The Balaban J connectivity index is 0.000000117. The van der Waals surface area contributed by atoms with E-state index in [1.165, 1.54) is 6.26 Å². The number of ether oxygens (including phenoxy) is 7. The first-order chi connectivity index (χ1) is 28.4. The van der Waals surface area contributed by atoms with Gasteiger partial charge >= 0.3 is 47.8 Å². The maximum atomic E-state index is 11.7. The zero-order valence-electron chi connectivity index (χ0n) is 31.7. The van der Waals surface area contributed by atoms with Gasteiger partial charge in [-0.1, -0.05) is 30.9 Å². The minimum absolute atomic E-state index is 0.00694. The fourth-order valence-electron chi connectivity index (χ4n) is 9.28. The predicted octanol–water partition coefficient (Wildman–Crippen LogP) is 0.528. The Bertz CT molecular complexity index is 2070. The normalized spacial score (nSPS) is 38.4. The van der Waals surface area contributed by atoms with Gasteiger partial charge in [-0.2, -0.15) is 0 Å². The van der Waals surface area contributed by atoms with Gasteiger partial charge in [0.25, 0.3) is 0 Å². The van der Waals surface area contributed by atoms with Crippen LogP contribution in [-0.4, -0.2) is 123 Å². The summed E-state index contributed by atoms with van der Waals surface area (Å²) in [6.45, 7) is 3.14. The molecule has 3 spiro atoms. The number of aliphatic hydroxyl groups is 2. The van der Waals surface area contributed by atoms with E-state index < -0.39 is 80.8 Å². The first kappa shape index (κ1) is 42.3. The molecule has 0 radical (unpaired) electrons. The van der Waals surface area contributed by atoms with Crippen LogP contribution in [0, 0.1) is 16.2 Å². The molecule has 0 aliphatic carbocycles. The molecule has 4 N–H and O–H groups in total. The van der Waals surface area contributed by atoms with Crippen molar-refractivity contribution in [2.45, 2.75) is 86.7 Å². The molecule has 6 bridgehead atoms. The van der Waals surface area contributed by atoms with Crippen molar-refractivity contribution in [3.8, 4) is 0 Å². The van der Waals surface area contributed by atoms with Gasteiger partial charge in [0, 0.05) is 5.57 Å². The maximum absolute atomic E-state index is 11.7. The molecule has 20 heteroatoms. The van der Waals surface area contributed by atoms with Crippen molar-refractivity contribution in [2.24, 2.45) is 16.2 Å². The number of rotatable bonds is 5. The molecule has 9 unspecified atom stereocenters. The Labute approximate surface area is 339 Å². The second kappa shape index (κ2) is 15.3. The van der Waals surface area contributed by atoms with E-state index in [0.29, 0.717) is 25.0 Å². The highest BCUT2D eigenvalue weighted by atomic mass is 16.6. The number of carbonyl (C=O) groups excluding carboxylic acids is 6. The third-order valence-electron chi connectivity index (χ3n) is 12.3. The lowest BCUT2D eigenvalue weighted by Crippen LogP contribution is -2.56. The molecule has 0 saturated carbocycles. The highest BCUT2D eigenvalue weighted by Gasteiger charge is 2.72. The molecule has 60 heavy (non-hydrogen) atoms. The summed E-state index contributed by atoms with van der Waals surface area (Å²) >= 11 is 0. The number of carboxylic acids is 2. The van der Waals surface area contributed by atoms with Crippen LogP contribution in [0.25, 0.3) is 0 Å². The summed E-state index contributed by atoms with van der Waals surface area (Å²) in [5.41, 5.74) is -5.61. The van der Waals surface area contributed by atoms with Crippen molar-refractivity contribution < 1.29 is 96.4 Å². The minimum Gasteiger partial charge on any atom is -0.481 e. The average molecular weight is 841 g/mol. The topological polar surface area (TPSA) is 295 Å². The number of aliphatic carboxylic acids is 2. The lowest BCUT2D eigenvalue weighted by Gasteiger charge is -2.41.